The Morgan fingerprint density at radius 3 is 2.31 bits per heavy atom. The zero-order valence-electron chi connectivity index (χ0n) is 16.6. The number of rotatable bonds is 6. The predicted molar refractivity (Wildman–Crippen MR) is 109 cm³/mol. The number of nitrogens with one attached hydrogen (secondary N) is 1. The number of fused-ring (bicyclic) bond motifs is 1. The van der Waals surface area contributed by atoms with Crippen LogP contribution in [0.1, 0.15) is 46.5 Å². The molecule has 29 heavy (non-hydrogen) atoms. The number of methoxy groups -OCH3 is 1. The lowest BCUT2D eigenvalue weighted by atomic mass is 9.79. The van der Waals surface area contributed by atoms with Crippen molar-refractivity contribution in [2.75, 3.05) is 13.7 Å². The third-order valence-electron chi connectivity index (χ3n) is 4.93. The number of ether oxygens (including phenoxy) is 1. The molecule has 0 aromatic heterocycles. The monoisotopic (exact) mass is 393 g/mol. The van der Waals surface area contributed by atoms with Gasteiger partial charge in [0.15, 0.2) is 0 Å². The number of aliphatic hydroxyl groups is 1. The molecule has 0 fully saturated rings. The molecular formula is C23H23NO5. The first-order valence-corrected chi connectivity index (χ1v) is 9.27. The number of hydrogen-bond acceptors (Lipinski definition) is 5. The average molecular weight is 393 g/mol. The fourth-order valence-electron chi connectivity index (χ4n) is 3.37. The number of para-hydroxylation sites is 1. The van der Waals surface area contributed by atoms with Gasteiger partial charge >= 0.3 is 0 Å². The van der Waals surface area contributed by atoms with E-state index >= 15 is 0 Å². The van der Waals surface area contributed by atoms with E-state index in [1.165, 1.54) is 13.2 Å². The van der Waals surface area contributed by atoms with Gasteiger partial charge in [-0.15, -0.1) is 0 Å². The van der Waals surface area contributed by atoms with Crippen molar-refractivity contribution in [2.45, 2.75) is 20.3 Å². The fourth-order valence-corrected chi connectivity index (χ4v) is 3.37. The van der Waals surface area contributed by atoms with E-state index in [0.29, 0.717) is 16.9 Å². The molecule has 0 bridgehead atoms. The van der Waals surface area contributed by atoms with Gasteiger partial charge < -0.3 is 15.2 Å². The van der Waals surface area contributed by atoms with E-state index < -0.39 is 17.0 Å². The van der Waals surface area contributed by atoms with Crippen LogP contribution < -0.4 is 10.1 Å². The summed E-state index contributed by atoms with van der Waals surface area (Å²) in [6.45, 7) is 3.95. The molecule has 0 heterocycles. The van der Waals surface area contributed by atoms with E-state index in [0.717, 1.165) is 0 Å². The number of Topliss-reactive ketones (excluding diaryl/α,β-unsaturated/α-hetero) is 2. The number of allylic oxidation sites excluding steroid dienone is 1. The maximum absolute atomic E-state index is 12.5. The maximum Gasteiger partial charge on any atom is 0.255 e. The van der Waals surface area contributed by atoms with Gasteiger partial charge in [0.2, 0.25) is 11.6 Å². The smallest absolute Gasteiger partial charge is 0.255 e. The Labute approximate surface area is 169 Å². The van der Waals surface area contributed by atoms with Gasteiger partial charge in [-0.25, -0.2) is 0 Å². The van der Waals surface area contributed by atoms with E-state index in [-0.39, 0.29) is 35.8 Å². The van der Waals surface area contributed by atoms with Crippen molar-refractivity contribution in [3.8, 4) is 5.75 Å². The van der Waals surface area contributed by atoms with Crippen LogP contribution in [-0.2, 0) is 4.79 Å². The molecular weight excluding hydrogens is 370 g/mol. The van der Waals surface area contributed by atoms with Crippen LogP contribution in [0, 0.1) is 5.41 Å². The highest BCUT2D eigenvalue weighted by Gasteiger charge is 2.35. The van der Waals surface area contributed by atoms with Gasteiger partial charge in [-0.05, 0) is 24.0 Å². The van der Waals surface area contributed by atoms with Crippen LogP contribution in [0.5, 0.6) is 5.75 Å². The van der Waals surface area contributed by atoms with Gasteiger partial charge in [0.05, 0.1) is 12.7 Å². The number of carbonyl (C=O) groups is 3. The highest BCUT2D eigenvalue weighted by atomic mass is 16.5. The first kappa shape index (κ1) is 20.3. The number of hydrogen-bond donors (Lipinski definition) is 2. The predicted octanol–water partition coefficient (Wildman–Crippen LogP) is 3.58. The number of carbonyl (C=O) groups excluding carboxylic acids is 3. The molecule has 0 radical (unpaired) electrons. The van der Waals surface area contributed by atoms with Crippen LogP contribution in [0.2, 0.25) is 0 Å². The average Bonchev–Trinajstić information content (AvgIpc) is 2.73. The molecule has 3 rings (SSSR count). The van der Waals surface area contributed by atoms with Gasteiger partial charge in [-0.3, -0.25) is 14.4 Å². The van der Waals surface area contributed by atoms with Gasteiger partial charge in [-0.1, -0.05) is 50.2 Å². The lowest BCUT2D eigenvalue weighted by Gasteiger charge is -2.28. The first-order valence-electron chi connectivity index (χ1n) is 9.27. The van der Waals surface area contributed by atoms with Crippen LogP contribution in [-0.4, -0.2) is 36.2 Å². The Morgan fingerprint density at radius 2 is 1.62 bits per heavy atom. The first-order chi connectivity index (χ1) is 13.7. The van der Waals surface area contributed by atoms with Crippen molar-refractivity contribution < 1.29 is 24.2 Å². The molecule has 1 aliphatic carbocycles. The second kappa shape index (κ2) is 7.91. The second-order valence-electron chi connectivity index (χ2n) is 7.75. The van der Waals surface area contributed by atoms with Crippen molar-refractivity contribution in [1.82, 2.24) is 5.32 Å². The fraction of sp³-hybridized carbons (Fsp3) is 0.261. The van der Waals surface area contributed by atoms with E-state index in [1.54, 1.807) is 42.5 Å². The summed E-state index contributed by atoms with van der Waals surface area (Å²) in [5.41, 5.74) is 0.474. The minimum Gasteiger partial charge on any atom is -0.507 e. The Morgan fingerprint density at radius 1 is 1.00 bits per heavy atom. The molecule has 6 nitrogen and oxygen atoms in total. The van der Waals surface area contributed by atoms with Gasteiger partial charge in [0.1, 0.15) is 11.5 Å². The van der Waals surface area contributed by atoms with Crippen molar-refractivity contribution in [2.24, 2.45) is 5.41 Å². The summed E-state index contributed by atoms with van der Waals surface area (Å²) >= 11 is 0. The molecule has 0 atom stereocenters. The summed E-state index contributed by atoms with van der Waals surface area (Å²) in [5, 5.41) is 13.4. The summed E-state index contributed by atoms with van der Waals surface area (Å²) in [5.74, 6) is -1.33. The lowest BCUT2D eigenvalue weighted by Crippen LogP contribution is -2.36. The van der Waals surface area contributed by atoms with Crippen LogP contribution in [0.3, 0.4) is 0 Å². The number of aliphatic hydroxyl groups excluding tert-OH is 1. The molecule has 2 aromatic carbocycles. The van der Waals surface area contributed by atoms with Crippen molar-refractivity contribution in [3.05, 3.63) is 70.8 Å². The largest absolute Gasteiger partial charge is 0.507 e. The topological polar surface area (TPSA) is 92.7 Å². The molecule has 1 aliphatic rings. The van der Waals surface area contributed by atoms with E-state index in [2.05, 4.69) is 5.32 Å². The minimum atomic E-state index is -0.703. The SMILES string of the molecule is COc1ccccc1C(=O)NCC(C)(C)CC1=C(O)c2ccccc2C(=O)C1=O. The summed E-state index contributed by atoms with van der Waals surface area (Å²) in [6.07, 6.45) is 0.143. The Bertz CT molecular complexity index is 1020. The molecule has 150 valence electrons. The highest BCUT2D eigenvalue weighted by Crippen LogP contribution is 2.34. The van der Waals surface area contributed by atoms with Gasteiger partial charge in [0.25, 0.3) is 5.91 Å². The minimum absolute atomic E-state index is 0.0743. The van der Waals surface area contributed by atoms with E-state index in [9.17, 15) is 19.5 Å². The quantitative estimate of drug-likeness (QED) is 0.732. The van der Waals surface area contributed by atoms with Crippen LogP contribution in [0.25, 0.3) is 5.76 Å². The molecule has 6 heteroatoms. The second-order valence-corrected chi connectivity index (χ2v) is 7.75. The molecule has 0 spiro atoms. The van der Waals surface area contributed by atoms with Gasteiger partial charge in [-0.2, -0.15) is 0 Å². The number of benzene rings is 2. The molecule has 0 unspecified atom stereocenters. The van der Waals surface area contributed by atoms with Crippen molar-refractivity contribution in [3.63, 3.8) is 0 Å². The molecule has 2 aromatic rings. The maximum atomic E-state index is 12.5. The summed E-state index contributed by atoms with van der Waals surface area (Å²) in [4.78, 5) is 37.5. The number of ketones is 2. The summed E-state index contributed by atoms with van der Waals surface area (Å²) < 4.78 is 5.21. The summed E-state index contributed by atoms with van der Waals surface area (Å²) in [6, 6.07) is 13.4. The molecule has 2 N–H and O–H groups in total. The standard InChI is InChI=1S/C23H23NO5/c1-23(2,13-24-22(28)16-10-6-7-11-18(16)29-3)12-17-19(25)14-8-4-5-9-15(14)20(26)21(17)27/h4-11,25H,12-13H2,1-3H3,(H,24,28). The Hall–Kier alpha value is -3.41. The van der Waals surface area contributed by atoms with E-state index in [1.807, 2.05) is 13.8 Å². The zero-order chi connectivity index (χ0) is 21.2. The highest BCUT2D eigenvalue weighted by molar-refractivity contribution is 6.52. The van der Waals surface area contributed by atoms with Crippen LogP contribution >= 0.6 is 0 Å². The van der Waals surface area contributed by atoms with Crippen LogP contribution in [0.4, 0.5) is 0 Å². The molecule has 0 saturated heterocycles. The third-order valence-corrected chi connectivity index (χ3v) is 4.93. The molecule has 0 aliphatic heterocycles. The summed E-state index contributed by atoms with van der Waals surface area (Å²) in [7, 11) is 1.49. The molecule has 0 saturated carbocycles. The number of amides is 1. The van der Waals surface area contributed by atoms with Crippen molar-refractivity contribution >= 4 is 23.2 Å². The van der Waals surface area contributed by atoms with Crippen LogP contribution in [0.15, 0.2) is 54.1 Å². The lowest BCUT2D eigenvalue weighted by molar-refractivity contribution is -0.112. The van der Waals surface area contributed by atoms with Gasteiger partial charge in [0, 0.05) is 23.2 Å². The van der Waals surface area contributed by atoms with Crippen molar-refractivity contribution in [1.29, 1.82) is 0 Å². The third kappa shape index (κ3) is 4.06. The Kier molecular flexibility index (Phi) is 5.55. The normalized spacial score (nSPS) is 13.9. The Balaban J connectivity index is 1.78. The molecule has 1 amide bonds. The van der Waals surface area contributed by atoms with E-state index in [4.69, 9.17) is 4.74 Å². The zero-order valence-corrected chi connectivity index (χ0v) is 16.6.